The zero-order valence-corrected chi connectivity index (χ0v) is 14.3. The van der Waals surface area contributed by atoms with Crippen LogP contribution in [0.4, 0.5) is 0 Å². The molecule has 1 heterocycles. The lowest BCUT2D eigenvalue weighted by Gasteiger charge is -2.20. The van der Waals surface area contributed by atoms with Crippen LogP contribution in [0.5, 0.6) is 0 Å². The molecule has 2 aromatic rings. The van der Waals surface area contributed by atoms with Crippen molar-refractivity contribution < 1.29 is 0 Å². The molecule has 0 saturated heterocycles. The van der Waals surface area contributed by atoms with Gasteiger partial charge >= 0.3 is 0 Å². The molecule has 0 amide bonds. The normalized spacial score (nSPS) is 12.7. The van der Waals surface area contributed by atoms with Gasteiger partial charge in [0.2, 0.25) is 0 Å². The second-order valence-electron chi connectivity index (χ2n) is 4.97. The summed E-state index contributed by atoms with van der Waals surface area (Å²) < 4.78 is 1.20. The van der Waals surface area contributed by atoms with Crippen molar-refractivity contribution in [1.82, 2.24) is 5.32 Å². The van der Waals surface area contributed by atoms with E-state index in [1.165, 1.54) is 30.9 Å². The first kappa shape index (κ1) is 14.8. The number of benzene rings is 1. The van der Waals surface area contributed by atoms with Crippen molar-refractivity contribution in [2.24, 2.45) is 0 Å². The largest absolute Gasteiger partial charge is 0.306 e. The topological polar surface area (TPSA) is 12.0 Å². The minimum Gasteiger partial charge on any atom is -0.306 e. The Kier molecular flexibility index (Phi) is 4.82. The smallest absolute Gasteiger partial charge is 0.0704 e. The molecule has 19 heavy (non-hydrogen) atoms. The maximum atomic E-state index is 3.61. The van der Waals surface area contributed by atoms with Crippen molar-refractivity contribution in [3.63, 3.8) is 0 Å². The Bertz CT molecular complexity index is 554. The first-order chi connectivity index (χ1) is 9.01. The van der Waals surface area contributed by atoms with Crippen LogP contribution in [-0.4, -0.2) is 6.54 Å². The maximum Gasteiger partial charge on any atom is 0.0704 e. The Morgan fingerprint density at radius 1 is 1.11 bits per heavy atom. The van der Waals surface area contributed by atoms with Crippen LogP contribution in [0.25, 0.3) is 0 Å². The molecule has 3 heteroatoms. The third-order valence-corrected chi connectivity index (χ3v) is 4.79. The first-order valence-electron chi connectivity index (χ1n) is 6.58. The van der Waals surface area contributed by atoms with Crippen molar-refractivity contribution in [2.75, 3.05) is 6.54 Å². The van der Waals surface area contributed by atoms with Crippen LogP contribution in [0.15, 0.2) is 28.1 Å². The van der Waals surface area contributed by atoms with Gasteiger partial charge in [0.15, 0.2) is 0 Å². The van der Waals surface area contributed by atoms with Gasteiger partial charge in [0.25, 0.3) is 0 Å². The SMILES string of the molecule is CCNC(c1cc(C)cc(C)c1)c1cc(Br)sc1C. The molecule has 0 spiro atoms. The molecule has 0 aliphatic rings. The molecule has 0 radical (unpaired) electrons. The lowest BCUT2D eigenvalue weighted by molar-refractivity contribution is 0.629. The minimum absolute atomic E-state index is 0.283. The van der Waals surface area contributed by atoms with Crippen molar-refractivity contribution in [2.45, 2.75) is 33.7 Å². The number of halogens is 1. The van der Waals surface area contributed by atoms with Gasteiger partial charge in [-0.2, -0.15) is 0 Å². The second-order valence-corrected chi connectivity index (χ2v) is 7.61. The van der Waals surface area contributed by atoms with Crippen molar-refractivity contribution in [1.29, 1.82) is 0 Å². The van der Waals surface area contributed by atoms with E-state index in [-0.39, 0.29) is 6.04 Å². The van der Waals surface area contributed by atoms with E-state index < -0.39 is 0 Å². The number of hydrogen-bond acceptors (Lipinski definition) is 2. The molecule has 0 saturated carbocycles. The summed E-state index contributed by atoms with van der Waals surface area (Å²) in [6.45, 7) is 9.64. The lowest BCUT2D eigenvalue weighted by Crippen LogP contribution is -2.22. The van der Waals surface area contributed by atoms with E-state index >= 15 is 0 Å². The van der Waals surface area contributed by atoms with Crippen LogP contribution in [0.1, 0.15) is 40.1 Å². The highest BCUT2D eigenvalue weighted by Crippen LogP contribution is 2.34. The van der Waals surface area contributed by atoms with E-state index in [2.05, 4.69) is 73.2 Å². The summed E-state index contributed by atoms with van der Waals surface area (Å²) >= 11 is 5.40. The van der Waals surface area contributed by atoms with Gasteiger partial charge in [0.1, 0.15) is 0 Å². The Labute approximate surface area is 128 Å². The summed E-state index contributed by atoms with van der Waals surface area (Å²) in [5, 5.41) is 3.61. The van der Waals surface area contributed by atoms with Crippen LogP contribution < -0.4 is 5.32 Å². The van der Waals surface area contributed by atoms with E-state index in [0.717, 1.165) is 6.54 Å². The average Bonchev–Trinajstić information content (AvgIpc) is 2.64. The molecule has 0 fully saturated rings. The lowest BCUT2D eigenvalue weighted by atomic mass is 9.96. The summed E-state index contributed by atoms with van der Waals surface area (Å²) in [6.07, 6.45) is 0. The Balaban J connectivity index is 2.47. The molecular formula is C16H20BrNS. The van der Waals surface area contributed by atoms with E-state index in [1.807, 2.05) is 0 Å². The van der Waals surface area contributed by atoms with Gasteiger partial charge in [-0.05, 0) is 60.4 Å². The fraction of sp³-hybridized carbons (Fsp3) is 0.375. The molecule has 1 aromatic carbocycles. The summed E-state index contributed by atoms with van der Waals surface area (Å²) in [7, 11) is 0. The standard InChI is InChI=1S/C16H20BrNS/c1-5-18-16(14-9-15(17)19-12(14)4)13-7-10(2)6-11(3)8-13/h6-9,16,18H,5H2,1-4H3. The molecule has 1 N–H and O–H groups in total. The van der Waals surface area contributed by atoms with Gasteiger partial charge in [-0.1, -0.05) is 36.2 Å². The zero-order valence-electron chi connectivity index (χ0n) is 11.9. The van der Waals surface area contributed by atoms with E-state index in [4.69, 9.17) is 0 Å². The molecule has 1 nitrogen and oxygen atoms in total. The highest BCUT2D eigenvalue weighted by Gasteiger charge is 2.17. The fourth-order valence-electron chi connectivity index (χ4n) is 2.53. The monoisotopic (exact) mass is 337 g/mol. The highest BCUT2D eigenvalue weighted by atomic mass is 79.9. The van der Waals surface area contributed by atoms with E-state index in [1.54, 1.807) is 11.3 Å². The molecule has 1 atom stereocenters. The fourth-order valence-corrected chi connectivity index (χ4v) is 4.28. The van der Waals surface area contributed by atoms with Gasteiger partial charge in [0, 0.05) is 4.88 Å². The van der Waals surface area contributed by atoms with Crippen LogP contribution in [0.3, 0.4) is 0 Å². The van der Waals surface area contributed by atoms with E-state index in [9.17, 15) is 0 Å². The van der Waals surface area contributed by atoms with Gasteiger partial charge < -0.3 is 5.32 Å². The molecule has 2 rings (SSSR count). The summed E-state index contributed by atoms with van der Waals surface area (Å²) in [5.74, 6) is 0. The summed E-state index contributed by atoms with van der Waals surface area (Å²) in [4.78, 5) is 1.37. The van der Waals surface area contributed by atoms with Gasteiger partial charge in [-0.25, -0.2) is 0 Å². The number of rotatable bonds is 4. The zero-order chi connectivity index (χ0) is 14.0. The second kappa shape index (κ2) is 6.21. The Hall–Kier alpha value is -0.640. The molecule has 0 bridgehead atoms. The number of hydrogen-bond donors (Lipinski definition) is 1. The van der Waals surface area contributed by atoms with Crippen molar-refractivity contribution >= 4 is 27.3 Å². The number of nitrogens with one attached hydrogen (secondary N) is 1. The average molecular weight is 338 g/mol. The van der Waals surface area contributed by atoms with Crippen LogP contribution >= 0.6 is 27.3 Å². The molecule has 102 valence electrons. The Morgan fingerprint density at radius 2 is 1.74 bits per heavy atom. The summed E-state index contributed by atoms with van der Waals surface area (Å²) in [5.41, 5.74) is 5.38. The van der Waals surface area contributed by atoms with Crippen LogP contribution in [0.2, 0.25) is 0 Å². The molecule has 0 aliphatic heterocycles. The molecule has 1 unspecified atom stereocenters. The van der Waals surface area contributed by atoms with E-state index in [0.29, 0.717) is 0 Å². The van der Waals surface area contributed by atoms with Gasteiger partial charge in [-0.15, -0.1) is 11.3 Å². The van der Waals surface area contributed by atoms with Crippen molar-refractivity contribution in [3.8, 4) is 0 Å². The quantitative estimate of drug-likeness (QED) is 0.814. The maximum absolute atomic E-state index is 3.61. The van der Waals surface area contributed by atoms with Gasteiger partial charge in [0.05, 0.1) is 9.83 Å². The molecule has 1 aromatic heterocycles. The first-order valence-corrected chi connectivity index (χ1v) is 8.19. The minimum atomic E-state index is 0.283. The predicted octanol–water partition coefficient (Wildman–Crippen LogP) is 5.13. The van der Waals surface area contributed by atoms with Crippen LogP contribution in [-0.2, 0) is 0 Å². The van der Waals surface area contributed by atoms with Crippen LogP contribution in [0, 0.1) is 20.8 Å². The summed E-state index contributed by atoms with van der Waals surface area (Å²) in [6, 6.07) is 9.32. The van der Waals surface area contributed by atoms with Crippen molar-refractivity contribution in [3.05, 3.63) is 55.2 Å². The third kappa shape index (κ3) is 3.47. The Morgan fingerprint density at radius 3 is 2.21 bits per heavy atom. The number of aryl methyl sites for hydroxylation is 3. The molecular weight excluding hydrogens is 318 g/mol. The molecule has 0 aliphatic carbocycles. The van der Waals surface area contributed by atoms with Gasteiger partial charge in [-0.3, -0.25) is 0 Å². The highest BCUT2D eigenvalue weighted by molar-refractivity contribution is 9.11. The third-order valence-electron chi connectivity index (χ3n) is 3.22. The number of thiophene rings is 1. The predicted molar refractivity (Wildman–Crippen MR) is 88.2 cm³/mol.